The van der Waals surface area contributed by atoms with Crippen LogP contribution in [0.2, 0.25) is 0 Å². The van der Waals surface area contributed by atoms with Crippen molar-refractivity contribution in [2.24, 2.45) is 11.8 Å². The highest BCUT2D eigenvalue weighted by Crippen LogP contribution is 2.53. The molecule has 34 heavy (non-hydrogen) atoms. The summed E-state index contributed by atoms with van der Waals surface area (Å²) in [5.41, 5.74) is 0.599. The van der Waals surface area contributed by atoms with Gasteiger partial charge in [-0.25, -0.2) is 0 Å². The Morgan fingerprint density at radius 3 is 2.65 bits per heavy atom. The van der Waals surface area contributed by atoms with Gasteiger partial charge in [0.2, 0.25) is 17.7 Å². The molecule has 0 bridgehead atoms. The zero-order valence-electron chi connectivity index (χ0n) is 18.4. The number of aromatic hydroxyl groups is 2. The zero-order valence-corrected chi connectivity index (χ0v) is 18.4. The molecular weight excluding hydrogens is 438 g/mol. The molecule has 5 atom stereocenters. The van der Waals surface area contributed by atoms with Crippen molar-refractivity contribution in [2.45, 2.75) is 36.9 Å². The molecular formula is C25H25N3O6. The number of nitrogens with one attached hydrogen (secondary N) is 2. The molecule has 176 valence electrons. The van der Waals surface area contributed by atoms with Gasteiger partial charge in [0.1, 0.15) is 5.54 Å². The van der Waals surface area contributed by atoms with E-state index in [0.717, 1.165) is 12.8 Å². The van der Waals surface area contributed by atoms with Crippen LogP contribution in [0.3, 0.4) is 0 Å². The van der Waals surface area contributed by atoms with Gasteiger partial charge in [-0.05, 0) is 43.0 Å². The fourth-order valence-electron chi connectivity index (χ4n) is 6.11. The van der Waals surface area contributed by atoms with Crippen molar-refractivity contribution in [3.05, 3.63) is 53.6 Å². The fourth-order valence-corrected chi connectivity index (χ4v) is 6.11. The topological polar surface area (TPSA) is 128 Å². The standard InChI is InChI=1S/C25H25N3O6/c29-18-8-7-13(11-19(18)30)10-17-20-21(23(32)28(22(20)31)12-14-4-3-9-34-14)25(27-17)15-5-1-2-6-16(15)26-24(25)33/h1-2,5-8,11,14,17,20-21,27,29-30H,3-4,9-10,12H2,(H,26,33). The maximum Gasteiger partial charge on any atom is 0.250 e. The lowest BCUT2D eigenvalue weighted by molar-refractivity contribution is -0.144. The molecule has 3 amide bonds. The third-order valence-corrected chi connectivity index (χ3v) is 7.62. The Morgan fingerprint density at radius 2 is 1.88 bits per heavy atom. The third-order valence-electron chi connectivity index (χ3n) is 7.62. The maximum atomic E-state index is 13.8. The average molecular weight is 463 g/mol. The number of phenolic OH excluding ortho intramolecular Hbond substituents is 2. The van der Waals surface area contributed by atoms with E-state index in [4.69, 9.17) is 4.74 Å². The van der Waals surface area contributed by atoms with Gasteiger partial charge in [-0.1, -0.05) is 24.3 Å². The Labute approximate surface area is 195 Å². The third kappa shape index (κ3) is 2.90. The lowest BCUT2D eigenvalue weighted by Crippen LogP contribution is -2.54. The molecule has 9 nitrogen and oxygen atoms in total. The van der Waals surface area contributed by atoms with Gasteiger partial charge in [0.25, 0.3) is 0 Å². The number of phenols is 2. The minimum Gasteiger partial charge on any atom is -0.504 e. The van der Waals surface area contributed by atoms with Gasteiger partial charge in [0.05, 0.1) is 24.5 Å². The highest BCUT2D eigenvalue weighted by molar-refractivity contribution is 6.15. The number of ether oxygens (including phenoxy) is 1. The molecule has 1 spiro atoms. The Hall–Kier alpha value is -3.43. The van der Waals surface area contributed by atoms with E-state index in [0.29, 0.717) is 29.8 Å². The second kappa shape index (κ2) is 7.54. The van der Waals surface area contributed by atoms with Gasteiger partial charge in [-0.15, -0.1) is 0 Å². The molecule has 4 heterocycles. The number of fused-ring (bicyclic) bond motifs is 4. The number of carbonyl (C=O) groups is 3. The van der Waals surface area contributed by atoms with Crippen LogP contribution in [0.25, 0.3) is 0 Å². The molecule has 0 aliphatic carbocycles. The molecule has 4 N–H and O–H groups in total. The first-order valence-electron chi connectivity index (χ1n) is 11.6. The van der Waals surface area contributed by atoms with Crippen LogP contribution < -0.4 is 10.6 Å². The molecule has 2 aromatic rings. The van der Waals surface area contributed by atoms with E-state index in [1.54, 1.807) is 12.1 Å². The van der Waals surface area contributed by atoms with Crippen LogP contribution >= 0.6 is 0 Å². The molecule has 4 aliphatic heterocycles. The van der Waals surface area contributed by atoms with E-state index in [1.807, 2.05) is 18.2 Å². The first-order valence-corrected chi connectivity index (χ1v) is 11.6. The Morgan fingerprint density at radius 1 is 1.06 bits per heavy atom. The number of benzene rings is 2. The van der Waals surface area contributed by atoms with Gasteiger partial charge in [-0.2, -0.15) is 0 Å². The second-order valence-electron chi connectivity index (χ2n) is 9.51. The van der Waals surface area contributed by atoms with Gasteiger partial charge in [0.15, 0.2) is 11.5 Å². The molecule has 0 aromatic heterocycles. The van der Waals surface area contributed by atoms with Crippen molar-refractivity contribution < 1.29 is 29.3 Å². The molecule has 5 unspecified atom stereocenters. The minimum atomic E-state index is -1.36. The molecule has 3 saturated heterocycles. The number of hydrogen-bond donors (Lipinski definition) is 4. The van der Waals surface area contributed by atoms with Crippen molar-refractivity contribution in [2.75, 3.05) is 18.5 Å². The quantitative estimate of drug-likeness (QED) is 0.397. The van der Waals surface area contributed by atoms with Crippen LogP contribution in [-0.2, 0) is 31.1 Å². The van der Waals surface area contributed by atoms with E-state index in [2.05, 4.69) is 10.6 Å². The normalized spacial score (nSPS) is 31.9. The summed E-state index contributed by atoms with van der Waals surface area (Å²) in [5.74, 6) is -3.15. The number of anilines is 1. The average Bonchev–Trinajstić information content (AvgIpc) is 3.56. The van der Waals surface area contributed by atoms with Crippen molar-refractivity contribution in [1.82, 2.24) is 10.2 Å². The number of hydrogen-bond acceptors (Lipinski definition) is 7. The first-order chi connectivity index (χ1) is 16.4. The summed E-state index contributed by atoms with van der Waals surface area (Å²) >= 11 is 0. The fraction of sp³-hybridized carbons (Fsp3) is 0.400. The predicted octanol–water partition coefficient (Wildman–Crippen LogP) is 1.24. The van der Waals surface area contributed by atoms with Crippen LogP contribution in [-0.4, -0.2) is 58.1 Å². The van der Waals surface area contributed by atoms with E-state index < -0.39 is 23.4 Å². The number of para-hydroxylation sites is 1. The molecule has 3 fully saturated rings. The number of rotatable bonds is 4. The monoisotopic (exact) mass is 463 g/mol. The Balaban J connectivity index is 1.42. The summed E-state index contributed by atoms with van der Waals surface area (Å²) < 4.78 is 5.68. The first kappa shape index (κ1) is 21.1. The minimum absolute atomic E-state index is 0.187. The molecule has 6 rings (SSSR count). The largest absolute Gasteiger partial charge is 0.504 e. The highest BCUT2D eigenvalue weighted by atomic mass is 16.5. The zero-order chi connectivity index (χ0) is 23.6. The molecule has 4 aliphatic rings. The molecule has 0 radical (unpaired) electrons. The van der Waals surface area contributed by atoms with Crippen molar-refractivity contribution >= 4 is 23.4 Å². The number of imide groups is 1. The van der Waals surface area contributed by atoms with Gasteiger partial charge >= 0.3 is 0 Å². The van der Waals surface area contributed by atoms with Crippen molar-refractivity contribution in [3.63, 3.8) is 0 Å². The lowest BCUT2D eigenvalue weighted by atomic mass is 9.76. The van der Waals surface area contributed by atoms with Crippen LogP contribution in [0.1, 0.15) is 24.0 Å². The van der Waals surface area contributed by atoms with Crippen molar-refractivity contribution in [3.8, 4) is 11.5 Å². The number of nitrogens with zero attached hydrogens (tertiary/aromatic N) is 1. The van der Waals surface area contributed by atoms with Crippen LogP contribution in [0.5, 0.6) is 11.5 Å². The van der Waals surface area contributed by atoms with E-state index in [-0.39, 0.29) is 41.9 Å². The summed E-state index contributed by atoms with van der Waals surface area (Å²) in [6, 6.07) is 11.2. The lowest BCUT2D eigenvalue weighted by Gasteiger charge is -2.30. The Bertz CT molecular complexity index is 1210. The van der Waals surface area contributed by atoms with Gasteiger partial charge in [0, 0.05) is 23.9 Å². The van der Waals surface area contributed by atoms with E-state index in [9.17, 15) is 24.6 Å². The SMILES string of the molecule is O=C1C2C(Cc3ccc(O)c(O)c3)NC3(C(=O)Nc4ccccc43)C2C(=O)N1CC1CCCO1. The van der Waals surface area contributed by atoms with Crippen LogP contribution in [0.4, 0.5) is 5.69 Å². The summed E-state index contributed by atoms with van der Waals surface area (Å²) in [6.07, 6.45) is 1.78. The van der Waals surface area contributed by atoms with Crippen molar-refractivity contribution in [1.29, 1.82) is 0 Å². The molecule has 9 heteroatoms. The number of likely N-dealkylation sites (tertiary alicyclic amines) is 1. The summed E-state index contributed by atoms with van der Waals surface area (Å²) in [6.45, 7) is 0.804. The van der Waals surface area contributed by atoms with E-state index in [1.165, 1.54) is 17.0 Å². The summed E-state index contributed by atoms with van der Waals surface area (Å²) in [4.78, 5) is 42.1. The maximum absolute atomic E-state index is 13.8. The van der Waals surface area contributed by atoms with Crippen LogP contribution in [0.15, 0.2) is 42.5 Å². The number of carbonyl (C=O) groups excluding carboxylic acids is 3. The second-order valence-corrected chi connectivity index (χ2v) is 9.51. The summed E-state index contributed by atoms with van der Waals surface area (Å²) in [5, 5.41) is 25.9. The number of amides is 3. The predicted molar refractivity (Wildman–Crippen MR) is 120 cm³/mol. The van der Waals surface area contributed by atoms with Crippen LogP contribution in [0, 0.1) is 11.8 Å². The highest BCUT2D eigenvalue weighted by Gasteiger charge is 2.70. The smallest absolute Gasteiger partial charge is 0.250 e. The van der Waals surface area contributed by atoms with Gasteiger partial charge < -0.3 is 20.3 Å². The Kier molecular flexibility index (Phi) is 4.69. The molecule has 2 aromatic carbocycles. The van der Waals surface area contributed by atoms with Gasteiger partial charge in [-0.3, -0.25) is 24.6 Å². The summed E-state index contributed by atoms with van der Waals surface area (Å²) in [7, 11) is 0. The molecule has 0 saturated carbocycles. The van der Waals surface area contributed by atoms with E-state index >= 15 is 0 Å².